The van der Waals surface area contributed by atoms with Crippen molar-refractivity contribution in [2.24, 2.45) is 0 Å². The number of alkyl halides is 3. The van der Waals surface area contributed by atoms with E-state index in [1.54, 1.807) is 0 Å². The van der Waals surface area contributed by atoms with Crippen LogP contribution in [0.5, 0.6) is 11.5 Å². The Morgan fingerprint density at radius 1 is 0.846 bits per heavy atom. The molecule has 39 heavy (non-hydrogen) atoms. The van der Waals surface area contributed by atoms with Crippen molar-refractivity contribution in [3.8, 4) is 22.6 Å². The number of anilines is 1. The van der Waals surface area contributed by atoms with Gasteiger partial charge in [0.1, 0.15) is 17.4 Å². The van der Waals surface area contributed by atoms with E-state index >= 15 is 0 Å². The molecule has 5 nitrogen and oxygen atoms in total. The lowest BCUT2D eigenvalue weighted by atomic mass is 10.0. The molecule has 10 heteroatoms. The molecule has 0 saturated heterocycles. The molecule has 0 spiro atoms. The summed E-state index contributed by atoms with van der Waals surface area (Å²) in [5.41, 5.74) is -0.207. The first-order valence-electron chi connectivity index (χ1n) is 11.4. The Morgan fingerprint density at radius 3 is 2.23 bits per heavy atom. The second-order valence-electron chi connectivity index (χ2n) is 8.37. The van der Waals surface area contributed by atoms with Gasteiger partial charge in [-0.25, -0.2) is 13.6 Å². The van der Waals surface area contributed by atoms with Crippen molar-refractivity contribution < 1.29 is 41.0 Å². The van der Waals surface area contributed by atoms with Crippen LogP contribution < -0.4 is 10.1 Å². The van der Waals surface area contributed by atoms with E-state index < -0.39 is 41.7 Å². The summed E-state index contributed by atoms with van der Waals surface area (Å²) in [4.78, 5) is 24.5. The second kappa shape index (κ2) is 11.3. The minimum absolute atomic E-state index is 0.00445. The molecule has 0 fully saturated rings. The number of benzene rings is 4. The molecule has 0 bridgehead atoms. The molecule has 0 saturated carbocycles. The Kier molecular flexibility index (Phi) is 7.94. The average molecular weight is 541 g/mol. The molecule has 0 aliphatic heterocycles. The molecule has 200 valence electrons. The Balaban J connectivity index is 1.65. The van der Waals surface area contributed by atoms with Gasteiger partial charge in [0.25, 0.3) is 0 Å². The summed E-state index contributed by atoms with van der Waals surface area (Å²) in [5, 5.41) is 2.60. The van der Waals surface area contributed by atoms with E-state index in [9.17, 15) is 31.5 Å². The third kappa shape index (κ3) is 6.78. The number of hydrogen-bond donors (Lipinski definition) is 1. The van der Waals surface area contributed by atoms with Crippen molar-refractivity contribution >= 4 is 17.6 Å². The molecule has 4 rings (SSSR count). The molecule has 1 amide bonds. The van der Waals surface area contributed by atoms with Crippen molar-refractivity contribution in [1.29, 1.82) is 0 Å². The van der Waals surface area contributed by atoms with Gasteiger partial charge >= 0.3 is 12.1 Å². The van der Waals surface area contributed by atoms with Gasteiger partial charge in [0.2, 0.25) is 5.91 Å². The smallest absolute Gasteiger partial charge is 0.416 e. The molecule has 4 aromatic rings. The summed E-state index contributed by atoms with van der Waals surface area (Å²) in [6.45, 7) is 0. The summed E-state index contributed by atoms with van der Waals surface area (Å²) in [6.07, 6.45) is -4.97. The van der Waals surface area contributed by atoms with Gasteiger partial charge in [-0.1, -0.05) is 24.3 Å². The van der Waals surface area contributed by atoms with Crippen LogP contribution in [0.3, 0.4) is 0 Å². The van der Waals surface area contributed by atoms with Crippen molar-refractivity contribution in [3.05, 3.63) is 113 Å². The summed E-state index contributed by atoms with van der Waals surface area (Å²) in [6, 6.07) is 17.6. The molecule has 0 aliphatic rings. The highest BCUT2D eigenvalue weighted by atomic mass is 19.4. The first-order valence-corrected chi connectivity index (χ1v) is 11.4. The highest BCUT2D eigenvalue weighted by Gasteiger charge is 2.30. The molecular formula is C29H20F5NO4. The van der Waals surface area contributed by atoms with Gasteiger partial charge in [0.05, 0.1) is 30.3 Å². The number of halogens is 5. The highest BCUT2D eigenvalue weighted by Crippen LogP contribution is 2.36. The van der Waals surface area contributed by atoms with Crippen LogP contribution in [0.1, 0.15) is 21.5 Å². The number of methoxy groups -OCH3 is 1. The minimum Gasteiger partial charge on any atom is -0.465 e. The van der Waals surface area contributed by atoms with Crippen LogP contribution in [-0.2, 0) is 22.1 Å². The molecule has 0 heterocycles. The summed E-state index contributed by atoms with van der Waals surface area (Å²) >= 11 is 0. The van der Waals surface area contributed by atoms with Crippen LogP contribution in [0.2, 0.25) is 0 Å². The van der Waals surface area contributed by atoms with E-state index in [1.807, 2.05) is 0 Å². The van der Waals surface area contributed by atoms with Crippen molar-refractivity contribution in [2.75, 3.05) is 12.4 Å². The van der Waals surface area contributed by atoms with E-state index in [0.29, 0.717) is 5.56 Å². The topological polar surface area (TPSA) is 64.6 Å². The summed E-state index contributed by atoms with van der Waals surface area (Å²) < 4.78 is 77.9. The standard InChI is InChI=1S/C29H20F5NO4/c1-38-28(37)20-6-5-19(24(31)14-20)16-27(36)35-25-15-18(17-3-2-4-21(13-17)29(32,33)34)7-12-26(25)39-23-10-8-22(30)9-11-23/h2-15H,16H2,1H3,(H,35,36). The van der Waals surface area contributed by atoms with Crippen LogP contribution >= 0.6 is 0 Å². The number of esters is 1. The van der Waals surface area contributed by atoms with Crippen molar-refractivity contribution in [3.63, 3.8) is 0 Å². The molecule has 0 aromatic heterocycles. The van der Waals surface area contributed by atoms with Gasteiger partial charge in [-0.2, -0.15) is 13.2 Å². The van der Waals surface area contributed by atoms with Gasteiger partial charge in [-0.3, -0.25) is 4.79 Å². The predicted octanol–water partition coefficient (Wildman–Crippen LogP) is 7.41. The van der Waals surface area contributed by atoms with Crippen LogP contribution in [-0.4, -0.2) is 19.0 Å². The molecule has 0 unspecified atom stereocenters. The third-order valence-corrected chi connectivity index (χ3v) is 5.64. The lowest BCUT2D eigenvalue weighted by Gasteiger charge is -2.15. The monoisotopic (exact) mass is 541 g/mol. The van der Waals surface area contributed by atoms with Crippen molar-refractivity contribution in [1.82, 2.24) is 0 Å². The van der Waals surface area contributed by atoms with Crippen molar-refractivity contribution in [2.45, 2.75) is 12.6 Å². The zero-order valence-electron chi connectivity index (χ0n) is 20.3. The summed E-state index contributed by atoms with van der Waals surface area (Å²) in [7, 11) is 1.15. The Labute approximate surface area is 219 Å². The Morgan fingerprint density at radius 2 is 1.56 bits per heavy atom. The normalized spacial score (nSPS) is 11.1. The quantitative estimate of drug-likeness (QED) is 0.196. The van der Waals surface area contributed by atoms with Gasteiger partial charge in [-0.05, 0) is 77.4 Å². The maximum atomic E-state index is 14.5. The van der Waals surface area contributed by atoms with E-state index in [-0.39, 0.29) is 33.9 Å². The number of hydrogen-bond acceptors (Lipinski definition) is 4. The Bertz CT molecular complexity index is 1520. The van der Waals surface area contributed by atoms with E-state index in [2.05, 4.69) is 10.1 Å². The highest BCUT2D eigenvalue weighted by molar-refractivity contribution is 5.95. The molecule has 0 atom stereocenters. The van der Waals surface area contributed by atoms with Crippen LogP contribution in [0.15, 0.2) is 84.9 Å². The molecule has 0 aliphatic carbocycles. The van der Waals surface area contributed by atoms with Crippen LogP contribution in [0.4, 0.5) is 27.6 Å². The lowest BCUT2D eigenvalue weighted by molar-refractivity contribution is -0.137. The zero-order valence-corrected chi connectivity index (χ0v) is 20.3. The first-order chi connectivity index (χ1) is 18.5. The molecule has 4 aromatic carbocycles. The Hall–Kier alpha value is -4.73. The largest absolute Gasteiger partial charge is 0.465 e. The van der Waals surface area contributed by atoms with E-state index in [1.165, 1.54) is 66.7 Å². The molecular weight excluding hydrogens is 521 g/mol. The number of carbonyl (C=O) groups excluding carboxylic acids is 2. The maximum absolute atomic E-state index is 14.5. The fourth-order valence-corrected chi connectivity index (χ4v) is 3.70. The van der Waals surface area contributed by atoms with Gasteiger partial charge < -0.3 is 14.8 Å². The van der Waals surface area contributed by atoms with Gasteiger partial charge in [0.15, 0.2) is 5.75 Å². The molecule has 1 N–H and O–H groups in total. The van der Waals surface area contributed by atoms with Gasteiger partial charge in [-0.15, -0.1) is 0 Å². The predicted molar refractivity (Wildman–Crippen MR) is 133 cm³/mol. The third-order valence-electron chi connectivity index (χ3n) is 5.64. The number of ether oxygens (including phenoxy) is 2. The number of amides is 1. The average Bonchev–Trinajstić information content (AvgIpc) is 2.91. The molecule has 0 radical (unpaired) electrons. The van der Waals surface area contributed by atoms with Gasteiger partial charge in [0, 0.05) is 0 Å². The number of nitrogens with one attached hydrogen (secondary N) is 1. The van der Waals surface area contributed by atoms with Crippen LogP contribution in [0.25, 0.3) is 11.1 Å². The lowest BCUT2D eigenvalue weighted by Crippen LogP contribution is -2.16. The second-order valence-corrected chi connectivity index (χ2v) is 8.37. The maximum Gasteiger partial charge on any atom is 0.416 e. The first kappa shape index (κ1) is 27.3. The zero-order chi connectivity index (χ0) is 28.2. The fourth-order valence-electron chi connectivity index (χ4n) is 3.70. The van der Waals surface area contributed by atoms with E-state index in [0.717, 1.165) is 25.3 Å². The van der Waals surface area contributed by atoms with E-state index in [4.69, 9.17) is 4.74 Å². The minimum atomic E-state index is -4.55. The number of rotatable bonds is 7. The fraction of sp³-hybridized carbons (Fsp3) is 0.103. The SMILES string of the molecule is COC(=O)c1ccc(CC(=O)Nc2cc(-c3cccc(C(F)(F)F)c3)ccc2Oc2ccc(F)cc2)c(F)c1. The summed E-state index contributed by atoms with van der Waals surface area (Å²) in [5.74, 6) is -2.33. The number of carbonyl (C=O) groups is 2. The van der Waals surface area contributed by atoms with Crippen LogP contribution in [0, 0.1) is 11.6 Å².